The zero-order valence-corrected chi connectivity index (χ0v) is 17.8. The topological polar surface area (TPSA) is 87.6 Å². The SMILES string of the molecule is COc1ccc(C2=C3CCCCC3=[Se](O[Cl+3]([O-])([O-])[O-])C3=C2CCCC3)cc1. The van der Waals surface area contributed by atoms with Gasteiger partial charge in [0.1, 0.15) is 0 Å². The van der Waals surface area contributed by atoms with E-state index in [1.807, 2.05) is 12.1 Å². The fourth-order valence-electron chi connectivity index (χ4n) is 4.28. The summed E-state index contributed by atoms with van der Waals surface area (Å²) in [5.74, 6) is 0.816. The van der Waals surface area contributed by atoms with E-state index in [0.29, 0.717) is 0 Å². The first-order chi connectivity index (χ1) is 13.0. The zero-order chi connectivity index (χ0) is 19.0. The summed E-state index contributed by atoms with van der Waals surface area (Å²) in [6.07, 6.45) is 7.73. The molecule has 27 heavy (non-hydrogen) atoms. The fraction of sp³-hybridized carbons (Fsp3) is 0.450. The Kier molecular flexibility index (Phi) is 5.59. The molecule has 5 nitrogen and oxygen atoms in total. The molecule has 1 aromatic carbocycles. The van der Waals surface area contributed by atoms with Crippen LogP contribution in [0.3, 0.4) is 0 Å². The second kappa shape index (κ2) is 7.80. The van der Waals surface area contributed by atoms with Crippen LogP contribution in [0.15, 0.2) is 39.9 Å². The molecule has 1 fully saturated rings. The maximum absolute atomic E-state index is 11.4. The van der Waals surface area contributed by atoms with E-state index in [2.05, 4.69) is 12.1 Å². The standard InChI is InChI=1S/C20H23ClO5Se/c1-25-15-12-10-14(11-13-15)20-16-6-2-4-8-18(16)27(26-21(22,23)24)19-9-5-3-7-17(19)20/h10-13H,2-9H2,1H3. The number of methoxy groups -OCH3 is 1. The first-order valence-corrected chi connectivity index (χ1v) is 12.9. The van der Waals surface area contributed by atoms with E-state index in [9.17, 15) is 14.0 Å². The van der Waals surface area contributed by atoms with E-state index in [4.69, 9.17) is 8.11 Å². The zero-order valence-electron chi connectivity index (χ0n) is 15.3. The number of hydrogen-bond donors (Lipinski definition) is 0. The van der Waals surface area contributed by atoms with E-state index in [0.717, 1.165) is 71.6 Å². The molecule has 0 N–H and O–H groups in total. The number of halogens is 1. The molecule has 1 heterocycles. The van der Waals surface area contributed by atoms with E-state index in [1.54, 1.807) is 7.11 Å². The Labute approximate surface area is 165 Å². The summed E-state index contributed by atoms with van der Waals surface area (Å²) in [5.41, 5.74) is 4.87. The molecule has 0 spiro atoms. The van der Waals surface area contributed by atoms with E-state index >= 15 is 0 Å². The Balaban J connectivity index is 1.91. The van der Waals surface area contributed by atoms with Crippen LogP contribution in [0.5, 0.6) is 5.75 Å². The molecule has 7 heteroatoms. The van der Waals surface area contributed by atoms with Gasteiger partial charge >= 0.3 is 166 Å². The van der Waals surface area contributed by atoms with E-state index in [1.165, 1.54) is 16.7 Å². The molecular weight excluding hydrogens is 435 g/mol. The van der Waals surface area contributed by atoms with Gasteiger partial charge in [0, 0.05) is 0 Å². The Morgan fingerprint density at radius 3 is 2.15 bits per heavy atom. The molecular formula is C20H23ClO5Se. The molecule has 1 aliphatic heterocycles. The first kappa shape index (κ1) is 19.3. The average molecular weight is 458 g/mol. The number of rotatable bonds is 4. The second-order valence-corrected chi connectivity index (χ2v) is 11.9. The summed E-state index contributed by atoms with van der Waals surface area (Å²) in [5, 5.41) is 0. The van der Waals surface area contributed by atoms with Crippen molar-refractivity contribution in [1.82, 2.24) is 0 Å². The van der Waals surface area contributed by atoms with Gasteiger partial charge in [0.05, 0.1) is 0 Å². The molecule has 0 saturated heterocycles. The molecule has 1 atom stereocenters. The third-order valence-electron chi connectivity index (χ3n) is 5.40. The molecule has 1 aromatic rings. The summed E-state index contributed by atoms with van der Waals surface area (Å²) < 4.78 is 47.0. The van der Waals surface area contributed by atoms with Crippen LogP contribution in [0.25, 0.3) is 5.57 Å². The minimum absolute atomic E-state index is 0.816. The quantitative estimate of drug-likeness (QED) is 0.632. The van der Waals surface area contributed by atoms with E-state index < -0.39 is 24.0 Å². The summed E-state index contributed by atoms with van der Waals surface area (Å²) in [7, 11) is -2.75. The van der Waals surface area contributed by atoms with Crippen molar-refractivity contribution in [3.63, 3.8) is 0 Å². The molecule has 2 aliphatic carbocycles. The van der Waals surface area contributed by atoms with E-state index in [-0.39, 0.29) is 0 Å². The monoisotopic (exact) mass is 458 g/mol. The van der Waals surface area contributed by atoms with Crippen LogP contribution in [-0.4, -0.2) is 25.3 Å². The molecule has 0 bridgehead atoms. The van der Waals surface area contributed by atoms with Crippen LogP contribution in [-0.2, 0) is 3.37 Å². The van der Waals surface area contributed by atoms with Gasteiger partial charge in [-0.2, -0.15) is 0 Å². The normalized spacial score (nSPS) is 23.3. The van der Waals surface area contributed by atoms with Gasteiger partial charge in [-0.05, 0) is 0 Å². The number of benzene rings is 1. The van der Waals surface area contributed by atoms with Crippen molar-refractivity contribution < 1.29 is 32.3 Å². The Morgan fingerprint density at radius 1 is 0.852 bits per heavy atom. The van der Waals surface area contributed by atoms with Crippen molar-refractivity contribution in [3.8, 4) is 5.75 Å². The maximum atomic E-state index is 11.4. The van der Waals surface area contributed by atoms with Crippen molar-refractivity contribution in [1.29, 1.82) is 0 Å². The van der Waals surface area contributed by atoms with Gasteiger partial charge < -0.3 is 0 Å². The summed E-state index contributed by atoms with van der Waals surface area (Å²) in [6, 6.07) is 8.09. The average Bonchev–Trinajstić information content (AvgIpc) is 2.67. The number of fused-ring (bicyclic) bond motifs is 1. The molecule has 4 rings (SSSR count). The first-order valence-electron chi connectivity index (χ1n) is 9.29. The van der Waals surface area contributed by atoms with Crippen LogP contribution in [0.2, 0.25) is 0 Å². The third kappa shape index (κ3) is 3.94. The van der Waals surface area contributed by atoms with Crippen LogP contribution in [0.4, 0.5) is 0 Å². The van der Waals surface area contributed by atoms with Crippen molar-refractivity contribution in [2.24, 2.45) is 0 Å². The van der Waals surface area contributed by atoms with Gasteiger partial charge in [0.25, 0.3) is 0 Å². The molecule has 0 amide bonds. The molecule has 0 aromatic heterocycles. The van der Waals surface area contributed by atoms with Crippen molar-refractivity contribution in [2.45, 2.75) is 51.4 Å². The van der Waals surface area contributed by atoms with Crippen LogP contribution in [0, 0.1) is 10.2 Å². The third-order valence-corrected chi connectivity index (χ3v) is 11.2. The predicted octanol–water partition coefficient (Wildman–Crippen LogP) is 1.11. The number of allylic oxidation sites excluding steroid dienone is 4. The summed E-state index contributed by atoms with van der Waals surface area (Å²) in [4.78, 5) is 0. The van der Waals surface area contributed by atoms with Crippen molar-refractivity contribution in [2.75, 3.05) is 7.11 Å². The Bertz CT molecular complexity index is 833. The number of hydrogen-bond acceptors (Lipinski definition) is 5. The fourth-order valence-corrected chi connectivity index (χ4v) is 10.3. The molecule has 1 unspecified atom stereocenters. The molecule has 0 radical (unpaired) electrons. The van der Waals surface area contributed by atoms with Gasteiger partial charge in [-0.15, -0.1) is 0 Å². The summed E-state index contributed by atoms with van der Waals surface area (Å²) >= 11 is -2.24. The molecule has 3 aliphatic rings. The van der Waals surface area contributed by atoms with Crippen molar-refractivity contribution >= 4 is 23.8 Å². The van der Waals surface area contributed by atoms with Gasteiger partial charge in [0.2, 0.25) is 0 Å². The summed E-state index contributed by atoms with van der Waals surface area (Å²) in [6.45, 7) is 0. The van der Waals surface area contributed by atoms with Crippen LogP contribution >= 0.6 is 0 Å². The van der Waals surface area contributed by atoms with Crippen LogP contribution in [0.1, 0.15) is 56.9 Å². The van der Waals surface area contributed by atoms with Gasteiger partial charge in [0.15, 0.2) is 0 Å². The predicted molar refractivity (Wildman–Crippen MR) is 95.7 cm³/mol. The van der Waals surface area contributed by atoms with Gasteiger partial charge in [-0.1, -0.05) is 0 Å². The van der Waals surface area contributed by atoms with Crippen LogP contribution < -0.4 is 18.7 Å². The Hall–Kier alpha value is -0.981. The molecule has 146 valence electrons. The van der Waals surface area contributed by atoms with Gasteiger partial charge in [-0.3, -0.25) is 0 Å². The second-order valence-electron chi connectivity index (χ2n) is 7.03. The van der Waals surface area contributed by atoms with Gasteiger partial charge in [-0.25, -0.2) is 0 Å². The molecule has 1 saturated carbocycles. The Morgan fingerprint density at radius 2 is 1.48 bits per heavy atom. The minimum atomic E-state index is -4.41. The number of ether oxygens (including phenoxy) is 1. The van der Waals surface area contributed by atoms with Crippen molar-refractivity contribution in [3.05, 3.63) is 45.4 Å².